The molecule has 3 nitrogen and oxygen atoms in total. The van der Waals surface area contributed by atoms with Crippen molar-refractivity contribution >= 4 is 5.97 Å². The molecule has 0 radical (unpaired) electrons. The van der Waals surface area contributed by atoms with E-state index in [4.69, 9.17) is 4.74 Å². The van der Waals surface area contributed by atoms with E-state index in [1.807, 2.05) is 30.3 Å². The molecule has 3 heteroatoms. The lowest BCUT2D eigenvalue weighted by Gasteiger charge is -2.51. The van der Waals surface area contributed by atoms with Gasteiger partial charge in [-0.3, -0.25) is 4.90 Å². The molecule has 3 heterocycles. The Bertz CT molecular complexity index is 437. The smallest absolute Gasteiger partial charge is 0.339 e. The number of carbonyl (C=O) groups excluding carboxylic acids is 1. The zero-order chi connectivity index (χ0) is 12.6. The lowest BCUT2D eigenvalue weighted by atomic mass is 9.81. The van der Waals surface area contributed by atoms with E-state index in [2.05, 4.69) is 11.8 Å². The molecule has 0 saturated carbocycles. The molecule has 3 fully saturated rings. The average molecular weight is 245 g/mol. The lowest BCUT2D eigenvalue weighted by molar-refractivity contribution is -0.163. The Morgan fingerprint density at radius 1 is 1.28 bits per heavy atom. The molecular formula is C15H19NO2. The molecule has 0 amide bonds. The molecule has 0 N–H and O–H groups in total. The number of ether oxygens (including phenoxy) is 1. The first kappa shape index (κ1) is 11.7. The van der Waals surface area contributed by atoms with E-state index >= 15 is 0 Å². The minimum atomic E-state index is -0.395. The highest BCUT2D eigenvalue weighted by molar-refractivity contribution is 5.89. The van der Waals surface area contributed by atoms with Crippen molar-refractivity contribution < 1.29 is 9.53 Å². The monoisotopic (exact) mass is 245 g/mol. The van der Waals surface area contributed by atoms with Crippen molar-refractivity contribution in [3.8, 4) is 0 Å². The van der Waals surface area contributed by atoms with Crippen LogP contribution in [0.25, 0.3) is 0 Å². The standard InChI is InChI=1S/C15H19NO2/c1-15(11-12-7-9-16(15)10-8-12)18-14(17)13-5-3-2-4-6-13/h2-6,12H,7-11H2,1H3. The minimum absolute atomic E-state index is 0.203. The van der Waals surface area contributed by atoms with Crippen LogP contribution in [-0.4, -0.2) is 29.7 Å². The highest BCUT2D eigenvalue weighted by atomic mass is 16.6. The van der Waals surface area contributed by atoms with Gasteiger partial charge in [0, 0.05) is 19.5 Å². The number of nitrogens with zero attached hydrogens (tertiary/aromatic N) is 1. The SMILES string of the molecule is CC1(OC(=O)c2ccccc2)CC2CCN1CC2. The summed E-state index contributed by atoms with van der Waals surface area (Å²) in [6, 6.07) is 9.26. The van der Waals surface area contributed by atoms with Gasteiger partial charge < -0.3 is 4.74 Å². The number of benzene rings is 1. The van der Waals surface area contributed by atoms with Gasteiger partial charge in [-0.15, -0.1) is 0 Å². The summed E-state index contributed by atoms with van der Waals surface area (Å²) in [6.07, 6.45) is 3.47. The summed E-state index contributed by atoms with van der Waals surface area (Å²) in [5, 5.41) is 0. The molecule has 2 bridgehead atoms. The fraction of sp³-hybridized carbons (Fsp3) is 0.533. The topological polar surface area (TPSA) is 29.5 Å². The van der Waals surface area contributed by atoms with Crippen LogP contribution in [0.5, 0.6) is 0 Å². The number of rotatable bonds is 2. The van der Waals surface area contributed by atoms with Crippen molar-refractivity contribution in [1.82, 2.24) is 4.90 Å². The Morgan fingerprint density at radius 2 is 1.94 bits per heavy atom. The van der Waals surface area contributed by atoms with Crippen molar-refractivity contribution in [1.29, 1.82) is 0 Å². The Labute approximate surface area is 108 Å². The molecule has 4 rings (SSSR count). The average Bonchev–Trinajstić information content (AvgIpc) is 2.40. The van der Waals surface area contributed by atoms with Crippen LogP contribution in [0.15, 0.2) is 30.3 Å². The Kier molecular flexibility index (Phi) is 2.86. The molecule has 3 aliphatic rings. The van der Waals surface area contributed by atoms with Gasteiger partial charge in [0.25, 0.3) is 0 Å². The Hall–Kier alpha value is -1.35. The van der Waals surface area contributed by atoms with E-state index in [-0.39, 0.29) is 5.97 Å². The summed E-state index contributed by atoms with van der Waals surface area (Å²) in [7, 11) is 0. The third-order valence-electron chi connectivity index (χ3n) is 4.27. The van der Waals surface area contributed by atoms with Crippen LogP contribution in [0.4, 0.5) is 0 Å². The molecular weight excluding hydrogens is 226 g/mol. The lowest BCUT2D eigenvalue weighted by Crippen LogP contribution is -2.58. The van der Waals surface area contributed by atoms with Gasteiger partial charge in [0.15, 0.2) is 5.72 Å². The maximum Gasteiger partial charge on any atom is 0.339 e. The first-order valence-electron chi connectivity index (χ1n) is 6.71. The molecule has 1 unspecified atom stereocenters. The summed E-state index contributed by atoms with van der Waals surface area (Å²) in [5.74, 6) is 0.522. The Balaban J connectivity index is 1.74. The van der Waals surface area contributed by atoms with Crippen LogP contribution in [0.1, 0.15) is 36.5 Å². The normalized spacial score (nSPS) is 34.3. The molecule has 3 saturated heterocycles. The predicted octanol–water partition coefficient (Wildman–Crippen LogP) is 2.68. The summed E-state index contributed by atoms with van der Waals surface area (Å²) >= 11 is 0. The third kappa shape index (κ3) is 2.03. The van der Waals surface area contributed by atoms with Crippen LogP contribution in [0, 0.1) is 5.92 Å². The van der Waals surface area contributed by atoms with Crippen molar-refractivity contribution in [3.63, 3.8) is 0 Å². The molecule has 3 aliphatic heterocycles. The first-order valence-corrected chi connectivity index (χ1v) is 6.71. The number of esters is 1. The molecule has 1 atom stereocenters. The van der Waals surface area contributed by atoms with Gasteiger partial charge in [-0.2, -0.15) is 0 Å². The van der Waals surface area contributed by atoms with Crippen LogP contribution in [0.3, 0.4) is 0 Å². The van der Waals surface area contributed by atoms with E-state index in [1.165, 1.54) is 12.8 Å². The third-order valence-corrected chi connectivity index (χ3v) is 4.27. The van der Waals surface area contributed by atoms with Crippen LogP contribution >= 0.6 is 0 Å². The maximum atomic E-state index is 12.1. The second kappa shape index (κ2) is 4.39. The minimum Gasteiger partial charge on any atom is -0.440 e. The second-order valence-corrected chi connectivity index (χ2v) is 5.57. The van der Waals surface area contributed by atoms with E-state index in [0.717, 1.165) is 25.4 Å². The molecule has 18 heavy (non-hydrogen) atoms. The summed E-state index contributed by atoms with van der Waals surface area (Å²) in [5.41, 5.74) is 0.245. The molecule has 96 valence electrons. The zero-order valence-electron chi connectivity index (χ0n) is 10.8. The molecule has 1 aromatic rings. The van der Waals surface area contributed by atoms with Gasteiger partial charge in [-0.25, -0.2) is 4.79 Å². The van der Waals surface area contributed by atoms with Crippen molar-refractivity contribution in [2.75, 3.05) is 13.1 Å². The van der Waals surface area contributed by atoms with Gasteiger partial charge in [-0.05, 0) is 37.8 Å². The van der Waals surface area contributed by atoms with Crippen molar-refractivity contribution in [2.24, 2.45) is 5.92 Å². The number of piperidine rings is 3. The van der Waals surface area contributed by atoms with Crippen molar-refractivity contribution in [3.05, 3.63) is 35.9 Å². The molecule has 0 aromatic heterocycles. The predicted molar refractivity (Wildman–Crippen MR) is 69.2 cm³/mol. The van der Waals surface area contributed by atoms with Gasteiger partial charge in [0.2, 0.25) is 0 Å². The number of hydrogen-bond acceptors (Lipinski definition) is 3. The quantitative estimate of drug-likeness (QED) is 0.750. The van der Waals surface area contributed by atoms with Crippen molar-refractivity contribution in [2.45, 2.75) is 31.9 Å². The van der Waals surface area contributed by atoms with E-state index in [1.54, 1.807) is 0 Å². The fourth-order valence-electron chi connectivity index (χ4n) is 3.21. The number of carbonyl (C=O) groups is 1. The van der Waals surface area contributed by atoms with E-state index in [9.17, 15) is 4.79 Å². The highest BCUT2D eigenvalue weighted by Gasteiger charge is 2.45. The van der Waals surface area contributed by atoms with Gasteiger partial charge >= 0.3 is 5.97 Å². The second-order valence-electron chi connectivity index (χ2n) is 5.57. The number of hydrogen-bond donors (Lipinski definition) is 0. The number of fused-ring (bicyclic) bond motifs is 3. The fourth-order valence-corrected chi connectivity index (χ4v) is 3.21. The van der Waals surface area contributed by atoms with E-state index in [0.29, 0.717) is 5.56 Å². The van der Waals surface area contributed by atoms with Gasteiger partial charge in [0.05, 0.1) is 5.56 Å². The van der Waals surface area contributed by atoms with Crippen LogP contribution < -0.4 is 0 Å². The molecule has 1 aromatic carbocycles. The summed E-state index contributed by atoms with van der Waals surface area (Å²) in [6.45, 7) is 4.17. The highest BCUT2D eigenvalue weighted by Crippen LogP contribution is 2.39. The first-order chi connectivity index (χ1) is 8.67. The summed E-state index contributed by atoms with van der Waals surface area (Å²) in [4.78, 5) is 14.5. The summed E-state index contributed by atoms with van der Waals surface area (Å²) < 4.78 is 5.79. The van der Waals surface area contributed by atoms with Crippen LogP contribution in [-0.2, 0) is 4.74 Å². The van der Waals surface area contributed by atoms with Crippen LogP contribution in [0.2, 0.25) is 0 Å². The largest absolute Gasteiger partial charge is 0.440 e. The Morgan fingerprint density at radius 3 is 2.50 bits per heavy atom. The van der Waals surface area contributed by atoms with Gasteiger partial charge in [-0.1, -0.05) is 18.2 Å². The zero-order valence-corrected chi connectivity index (χ0v) is 10.8. The maximum absolute atomic E-state index is 12.1. The molecule has 0 spiro atoms. The molecule has 0 aliphatic carbocycles. The van der Waals surface area contributed by atoms with Gasteiger partial charge in [0.1, 0.15) is 0 Å². The van der Waals surface area contributed by atoms with E-state index < -0.39 is 5.72 Å².